The molecule has 1 unspecified atom stereocenters. The Bertz CT molecular complexity index is 481. The van der Waals surface area contributed by atoms with Gasteiger partial charge in [-0.15, -0.1) is 0 Å². The Kier molecular flexibility index (Phi) is 6.03. The van der Waals surface area contributed by atoms with E-state index >= 15 is 0 Å². The third-order valence-electron chi connectivity index (χ3n) is 2.86. The van der Waals surface area contributed by atoms with Crippen LogP contribution in [-0.4, -0.2) is 18.0 Å². The van der Waals surface area contributed by atoms with Crippen molar-refractivity contribution in [3.05, 3.63) is 29.3 Å². The van der Waals surface area contributed by atoms with Crippen LogP contribution in [0.4, 0.5) is 0 Å². The lowest BCUT2D eigenvalue weighted by Crippen LogP contribution is -2.27. The number of benzene rings is 1. The first-order valence-electron chi connectivity index (χ1n) is 6.59. The van der Waals surface area contributed by atoms with E-state index in [2.05, 4.69) is 9.78 Å². The van der Waals surface area contributed by atoms with E-state index in [1.165, 1.54) is 6.92 Å². The molecule has 110 valence electrons. The molecular weight excluding hydrogens is 260 g/mol. The van der Waals surface area contributed by atoms with E-state index in [0.717, 1.165) is 11.1 Å². The smallest absolute Gasteiger partial charge is 0.395 e. The van der Waals surface area contributed by atoms with E-state index in [4.69, 9.17) is 4.74 Å². The van der Waals surface area contributed by atoms with Crippen LogP contribution in [0.5, 0.6) is 5.75 Å². The van der Waals surface area contributed by atoms with Crippen molar-refractivity contribution in [2.45, 2.75) is 46.6 Å². The number of aryl methyl sites for hydroxylation is 1. The van der Waals surface area contributed by atoms with Crippen LogP contribution in [-0.2, 0) is 19.4 Å². The van der Waals surface area contributed by atoms with Crippen LogP contribution in [0.15, 0.2) is 18.2 Å². The van der Waals surface area contributed by atoms with Gasteiger partial charge in [-0.3, -0.25) is 0 Å². The number of hydrogen-bond acceptors (Lipinski definition) is 5. The predicted molar refractivity (Wildman–Crippen MR) is 73.1 cm³/mol. The van der Waals surface area contributed by atoms with Crippen LogP contribution >= 0.6 is 0 Å². The monoisotopic (exact) mass is 280 g/mol. The lowest BCUT2D eigenvalue weighted by molar-refractivity contribution is -0.263. The molecule has 0 spiro atoms. The third kappa shape index (κ3) is 4.57. The van der Waals surface area contributed by atoms with Crippen LogP contribution < -0.4 is 4.74 Å². The molecule has 0 saturated heterocycles. The van der Waals surface area contributed by atoms with Crippen molar-refractivity contribution in [1.82, 2.24) is 0 Å². The Morgan fingerprint density at radius 3 is 2.55 bits per heavy atom. The van der Waals surface area contributed by atoms with Gasteiger partial charge in [0, 0.05) is 6.42 Å². The number of hydrogen-bond donors (Lipinski definition) is 0. The highest BCUT2D eigenvalue weighted by atomic mass is 17.2. The fourth-order valence-corrected chi connectivity index (χ4v) is 1.49. The predicted octanol–water partition coefficient (Wildman–Crippen LogP) is 2.87. The minimum absolute atomic E-state index is 0.208. The first-order valence-corrected chi connectivity index (χ1v) is 6.59. The van der Waals surface area contributed by atoms with Crippen LogP contribution in [0.25, 0.3) is 0 Å². The number of carbonyl (C=O) groups excluding carboxylic acids is 2. The molecule has 1 aromatic carbocycles. The largest absolute Gasteiger partial charge is 0.479 e. The van der Waals surface area contributed by atoms with Gasteiger partial charge in [0.15, 0.2) is 6.10 Å². The van der Waals surface area contributed by atoms with E-state index in [1.807, 2.05) is 32.9 Å². The number of carbonyl (C=O) groups is 2. The summed E-state index contributed by atoms with van der Waals surface area (Å²) in [4.78, 5) is 31.6. The quantitative estimate of drug-likeness (QED) is 0.613. The Labute approximate surface area is 118 Å². The molecule has 0 bridgehead atoms. The van der Waals surface area contributed by atoms with Crippen LogP contribution in [0.3, 0.4) is 0 Å². The summed E-state index contributed by atoms with van der Waals surface area (Å²) in [6, 6.07) is 5.57. The van der Waals surface area contributed by atoms with Crippen LogP contribution in [0.1, 0.15) is 37.8 Å². The minimum atomic E-state index is -0.857. The zero-order valence-corrected chi connectivity index (χ0v) is 12.3. The molecule has 5 heteroatoms. The summed E-state index contributed by atoms with van der Waals surface area (Å²) in [6.45, 7) is 7.23. The summed E-state index contributed by atoms with van der Waals surface area (Å²) in [7, 11) is 0. The van der Waals surface area contributed by atoms with Crippen molar-refractivity contribution in [2.75, 3.05) is 0 Å². The van der Waals surface area contributed by atoms with E-state index < -0.39 is 18.0 Å². The molecule has 1 atom stereocenters. The van der Waals surface area contributed by atoms with Gasteiger partial charge in [0.2, 0.25) is 0 Å². The minimum Gasteiger partial charge on any atom is -0.479 e. The summed E-state index contributed by atoms with van der Waals surface area (Å²) in [5, 5.41) is 0. The standard InChI is InChI=1S/C15H20O5/c1-5-7-14(16)19-20-15(17)12(4)18-13-9-6-8-10(2)11(13)3/h6,8-9,12H,5,7H2,1-4H3. The first-order chi connectivity index (χ1) is 9.45. The molecule has 20 heavy (non-hydrogen) atoms. The second-order valence-corrected chi connectivity index (χ2v) is 4.57. The van der Waals surface area contributed by atoms with Gasteiger partial charge in [-0.1, -0.05) is 19.1 Å². The Hall–Kier alpha value is -2.04. The van der Waals surface area contributed by atoms with E-state index in [-0.39, 0.29) is 6.42 Å². The highest BCUT2D eigenvalue weighted by Crippen LogP contribution is 2.21. The lowest BCUT2D eigenvalue weighted by Gasteiger charge is -2.15. The Balaban J connectivity index is 2.53. The second-order valence-electron chi connectivity index (χ2n) is 4.57. The fraction of sp³-hybridized carbons (Fsp3) is 0.467. The van der Waals surface area contributed by atoms with E-state index in [9.17, 15) is 9.59 Å². The average molecular weight is 280 g/mol. The molecule has 0 radical (unpaired) electrons. The molecule has 5 nitrogen and oxygen atoms in total. The van der Waals surface area contributed by atoms with Crippen LogP contribution in [0, 0.1) is 13.8 Å². The van der Waals surface area contributed by atoms with Crippen molar-refractivity contribution < 1.29 is 24.1 Å². The molecule has 0 fully saturated rings. The first kappa shape index (κ1) is 16.0. The normalized spacial score (nSPS) is 11.6. The van der Waals surface area contributed by atoms with Crippen molar-refractivity contribution >= 4 is 11.9 Å². The third-order valence-corrected chi connectivity index (χ3v) is 2.86. The van der Waals surface area contributed by atoms with Gasteiger partial charge in [0.1, 0.15) is 5.75 Å². The molecule has 1 aromatic rings. The molecule has 0 aliphatic carbocycles. The molecule has 0 saturated carbocycles. The maximum Gasteiger partial charge on any atom is 0.395 e. The maximum absolute atomic E-state index is 11.6. The molecule has 0 heterocycles. The van der Waals surface area contributed by atoms with Gasteiger partial charge in [-0.2, -0.15) is 0 Å². The van der Waals surface area contributed by atoms with Crippen LogP contribution in [0.2, 0.25) is 0 Å². The van der Waals surface area contributed by atoms with E-state index in [0.29, 0.717) is 12.2 Å². The van der Waals surface area contributed by atoms with Crippen molar-refractivity contribution in [3.8, 4) is 5.75 Å². The average Bonchev–Trinajstić information content (AvgIpc) is 2.41. The fourth-order valence-electron chi connectivity index (χ4n) is 1.49. The highest BCUT2D eigenvalue weighted by molar-refractivity contribution is 5.76. The summed E-state index contributed by atoms with van der Waals surface area (Å²) in [6.07, 6.45) is -0.0188. The van der Waals surface area contributed by atoms with Gasteiger partial charge in [-0.25, -0.2) is 19.4 Å². The maximum atomic E-state index is 11.6. The Morgan fingerprint density at radius 2 is 1.90 bits per heavy atom. The summed E-state index contributed by atoms with van der Waals surface area (Å²) in [5.41, 5.74) is 2.02. The lowest BCUT2D eigenvalue weighted by atomic mass is 10.1. The molecule has 0 N–H and O–H groups in total. The molecule has 0 amide bonds. The molecule has 0 aromatic heterocycles. The van der Waals surface area contributed by atoms with Crippen molar-refractivity contribution in [1.29, 1.82) is 0 Å². The molecular formula is C15H20O5. The van der Waals surface area contributed by atoms with Crippen molar-refractivity contribution in [3.63, 3.8) is 0 Å². The highest BCUT2D eigenvalue weighted by Gasteiger charge is 2.20. The zero-order chi connectivity index (χ0) is 15.1. The van der Waals surface area contributed by atoms with Gasteiger partial charge in [-0.05, 0) is 44.4 Å². The van der Waals surface area contributed by atoms with Gasteiger partial charge >= 0.3 is 11.9 Å². The van der Waals surface area contributed by atoms with Gasteiger partial charge in [0.05, 0.1) is 0 Å². The second kappa shape index (κ2) is 7.53. The molecule has 0 aliphatic heterocycles. The summed E-state index contributed by atoms with van der Waals surface area (Å²) < 4.78 is 5.51. The SMILES string of the molecule is CCCC(=O)OOC(=O)C(C)Oc1cccc(C)c1C. The van der Waals surface area contributed by atoms with Gasteiger partial charge in [0.25, 0.3) is 0 Å². The van der Waals surface area contributed by atoms with E-state index in [1.54, 1.807) is 6.07 Å². The Morgan fingerprint density at radius 1 is 1.20 bits per heavy atom. The van der Waals surface area contributed by atoms with Crippen molar-refractivity contribution in [2.24, 2.45) is 0 Å². The molecule has 1 rings (SSSR count). The zero-order valence-electron chi connectivity index (χ0n) is 12.3. The topological polar surface area (TPSA) is 61.8 Å². The number of rotatable bonds is 5. The summed E-state index contributed by atoms with van der Waals surface area (Å²) in [5.74, 6) is -0.704. The number of ether oxygens (including phenoxy) is 1. The van der Waals surface area contributed by atoms with Gasteiger partial charge < -0.3 is 4.74 Å². The summed E-state index contributed by atoms with van der Waals surface area (Å²) >= 11 is 0. The molecule has 0 aliphatic rings.